The normalized spacial score (nSPS) is 9.09. The van der Waals surface area contributed by atoms with Crippen molar-refractivity contribution >= 4 is 17.6 Å². The summed E-state index contributed by atoms with van der Waals surface area (Å²) in [6.07, 6.45) is 0. The molecule has 0 unspecified atom stereocenters. The predicted octanol–water partition coefficient (Wildman–Crippen LogP) is 1.55. The minimum atomic E-state index is 0.427. The average Bonchev–Trinajstić information content (AvgIpc) is 1.95. The Balaban J connectivity index is 3.01. The number of pyridine rings is 1. The minimum absolute atomic E-state index is 0.427. The lowest BCUT2D eigenvalue weighted by atomic mass is 10.4. The second-order valence-electron chi connectivity index (χ2n) is 2.03. The molecule has 0 saturated carbocycles. The molecule has 0 spiro atoms. The van der Waals surface area contributed by atoms with E-state index in [1.165, 1.54) is 0 Å². The Bertz CT molecular complexity index is 303. The molecule has 0 fully saturated rings. The molecular weight excluding hydrogens is 158 g/mol. The first-order valence-electron chi connectivity index (χ1n) is 3.03. The molecule has 56 valence electrons. The van der Waals surface area contributed by atoms with Gasteiger partial charge in [-0.3, -0.25) is 0 Å². The van der Waals surface area contributed by atoms with Crippen molar-refractivity contribution in [3.05, 3.63) is 17.8 Å². The third-order valence-electron chi connectivity index (χ3n) is 1.18. The Hall–Kier alpha value is -1.21. The maximum Gasteiger partial charge on any atom is 0.138 e. The highest BCUT2D eigenvalue weighted by Crippen LogP contribution is 2.21. The molecule has 0 aliphatic heterocycles. The van der Waals surface area contributed by atoms with Crippen LogP contribution in [-0.2, 0) is 0 Å². The molecule has 11 heavy (non-hydrogen) atoms. The van der Waals surface area contributed by atoms with E-state index in [1.54, 1.807) is 6.07 Å². The van der Waals surface area contributed by atoms with Gasteiger partial charge in [0.1, 0.15) is 11.2 Å². The van der Waals surface area contributed by atoms with Gasteiger partial charge in [0.05, 0.1) is 4.90 Å². The molecule has 0 aromatic carbocycles. The number of anilines is 1. The highest BCUT2D eigenvalue weighted by Gasteiger charge is 1.99. The number of hydrogen-bond donors (Lipinski definition) is 1. The second kappa shape index (κ2) is 3.26. The van der Waals surface area contributed by atoms with Crippen LogP contribution in [0.15, 0.2) is 17.0 Å². The van der Waals surface area contributed by atoms with Crippen LogP contribution in [0.25, 0.3) is 0 Å². The number of thiocyanates is 1. The highest BCUT2D eigenvalue weighted by atomic mass is 32.2. The van der Waals surface area contributed by atoms with Crippen LogP contribution in [0.1, 0.15) is 5.69 Å². The number of hydrogen-bond acceptors (Lipinski definition) is 4. The number of nitrogens with two attached hydrogens (primary N) is 1. The van der Waals surface area contributed by atoms with Gasteiger partial charge in [-0.05, 0) is 30.8 Å². The molecule has 0 atom stereocenters. The van der Waals surface area contributed by atoms with Gasteiger partial charge in [0, 0.05) is 5.69 Å². The lowest BCUT2D eigenvalue weighted by Gasteiger charge is -1.98. The van der Waals surface area contributed by atoms with E-state index in [4.69, 9.17) is 11.0 Å². The zero-order valence-electron chi connectivity index (χ0n) is 6.03. The molecule has 0 radical (unpaired) electrons. The quantitative estimate of drug-likeness (QED) is 0.506. The number of nitriles is 1. The van der Waals surface area contributed by atoms with E-state index in [-0.39, 0.29) is 0 Å². The first-order chi connectivity index (χ1) is 5.24. The van der Waals surface area contributed by atoms with E-state index in [9.17, 15) is 0 Å². The Morgan fingerprint density at radius 2 is 2.36 bits per heavy atom. The first-order valence-corrected chi connectivity index (χ1v) is 3.84. The molecule has 0 aliphatic rings. The lowest BCUT2D eigenvalue weighted by Crippen LogP contribution is -1.93. The largest absolute Gasteiger partial charge is 0.383 e. The van der Waals surface area contributed by atoms with Crippen LogP contribution in [0.2, 0.25) is 0 Å². The fourth-order valence-electron chi connectivity index (χ4n) is 0.700. The molecule has 3 nitrogen and oxygen atoms in total. The van der Waals surface area contributed by atoms with Gasteiger partial charge in [-0.2, -0.15) is 5.26 Å². The van der Waals surface area contributed by atoms with Crippen LogP contribution in [0.5, 0.6) is 0 Å². The molecule has 1 aromatic heterocycles. The molecule has 1 aromatic rings. The summed E-state index contributed by atoms with van der Waals surface area (Å²) in [7, 11) is 0. The molecular formula is C7H7N3S. The summed E-state index contributed by atoms with van der Waals surface area (Å²) in [5.41, 5.74) is 6.39. The van der Waals surface area contributed by atoms with Gasteiger partial charge in [0.25, 0.3) is 0 Å². The summed E-state index contributed by atoms with van der Waals surface area (Å²) in [5.74, 6) is 0.427. The Labute approximate surface area is 69.2 Å². The van der Waals surface area contributed by atoms with Gasteiger partial charge >= 0.3 is 0 Å². The maximum atomic E-state index is 8.34. The van der Waals surface area contributed by atoms with Crippen molar-refractivity contribution in [1.29, 1.82) is 5.26 Å². The molecule has 1 heterocycles. The zero-order valence-corrected chi connectivity index (χ0v) is 6.85. The number of nitrogen functional groups attached to an aromatic ring is 1. The van der Waals surface area contributed by atoms with Gasteiger partial charge in [0.15, 0.2) is 0 Å². The Kier molecular flexibility index (Phi) is 2.34. The topological polar surface area (TPSA) is 62.7 Å². The summed E-state index contributed by atoms with van der Waals surface area (Å²) in [6.45, 7) is 1.86. The lowest BCUT2D eigenvalue weighted by molar-refractivity contribution is 1.16. The molecule has 0 aliphatic carbocycles. The van der Waals surface area contributed by atoms with Crippen molar-refractivity contribution in [2.75, 3.05) is 5.73 Å². The number of thioether (sulfide) groups is 1. The van der Waals surface area contributed by atoms with Gasteiger partial charge in [0.2, 0.25) is 0 Å². The van der Waals surface area contributed by atoms with Crippen LogP contribution in [0, 0.1) is 17.6 Å². The van der Waals surface area contributed by atoms with E-state index in [1.807, 2.05) is 18.4 Å². The second-order valence-corrected chi connectivity index (χ2v) is 2.86. The van der Waals surface area contributed by atoms with Crippen LogP contribution in [0.4, 0.5) is 5.82 Å². The summed E-state index contributed by atoms with van der Waals surface area (Å²) in [4.78, 5) is 4.72. The van der Waals surface area contributed by atoms with Gasteiger partial charge in [-0.1, -0.05) is 0 Å². The van der Waals surface area contributed by atoms with Gasteiger partial charge < -0.3 is 5.73 Å². The van der Waals surface area contributed by atoms with E-state index in [0.717, 1.165) is 22.4 Å². The van der Waals surface area contributed by atoms with E-state index >= 15 is 0 Å². The van der Waals surface area contributed by atoms with Crippen LogP contribution in [0.3, 0.4) is 0 Å². The summed E-state index contributed by atoms with van der Waals surface area (Å²) in [5, 5.41) is 10.3. The third-order valence-corrected chi connectivity index (χ3v) is 1.84. The molecule has 0 saturated heterocycles. The number of aromatic nitrogens is 1. The van der Waals surface area contributed by atoms with Gasteiger partial charge in [-0.15, -0.1) is 0 Å². The Morgan fingerprint density at radius 3 is 2.91 bits per heavy atom. The van der Waals surface area contributed by atoms with E-state index in [2.05, 4.69) is 4.98 Å². The van der Waals surface area contributed by atoms with Crippen LogP contribution in [-0.4, -0.2) is 4.98 Å². The molecule has 0 bridgehead atoms. The monoisotopic (exact) mass is 165 g/mol. The third kappa shape index (κ3) is 1.85. The average molecular weight is 165 g/mol. The molecule has 0 amide bonds. The highest BCUT2D eigenvalue weighted by molar-refractivity contribution is 8.03. The molecule has 2 N–H and O–H groups in total. The van der Waals surface area contributed by atoms with E-state index < -0.39 is 0 Å². The van der Waals surface area contributed by atoms with Crippen molar-refractivity contribution in [3.63, 3.8) is 0 Å². The fourth-order valence-corrected chi connectivity index (χ4v) is 1.08. The number of nitrogens with zero attached hydrogens (tertiary/aromatic N) is 2. The van der Waals surface area contributed by atoms with Crippen molar-refractivity contribution in [1.82, 2.24) is 4.98 Å². The molecule has 1 rings (SSSR count). The SMILES string of the molecule is Cc1ccc(SC#N)c(N)n1. The molecule has 4 heteroatoms. The summed E-state index contributed by atoms with van der Waals surface area (Å²) >= 11 is 1.03. The number of aryl methyl sites for hydroxylation is 1. The summed E-state index contributed by atoms with van der Waals surface area (Å²) < 4.78 is 0. The fraction of sp³-hybridized carbons (Fsp3) is 0.143. The van der Waals surface area contributed by atoms with E-state index in [0.29, 0.717) is 5.82 Å². The van der Waals surface area contributed by atoms with Gasteiger partial charge in [-0.25, -0.2) is 4.98 Å². The van der Waals surface area contributed by atoms with Crippen molar-refractivity contribution in [3.8, 4) is 5.40 Å². The van der Waals surface area contributed by atoms with Crippen molar-refractivity contribution in [2.24, 2.45) is 0 Å². The Morgan fingerprint density at radius 1 is 1.64 bits per heavy atom. The maximum absolute atomic E-state index is 8.34. The van der Waals surface area contributed by atoms with Crippen molar-refractivity contribution < 1.29 is 0 Å². The van der Waals surface area contributed by atoms with Crippen LogP contribution < -0.4 is 5.73 Å². The smallest absolute Gasteiger partial charge is 0.138 e. The zero-order chi connectivity index (χ0) is 8.27. The van der Waals surface area contributed by atoms with Crippen molar-refractivity contribution in [2.45, 2.75) is 11.8 Å². The summed E-state index contributed by atoms with van der Waals surface area (Å²) in [6, 6.07) is 3.63. The standard InChI is InChI=1S/C7H7N3S/c1-5-2-3-6(11-4-8)7(9)10-5/h2-3H,1H3,(H2,9,10). The number of rotatable bonds is 1. The van der Waals surface area contributed by atoms with Crippen LogP contribution >= 0.6 is 11.8 Å². The first kappa shape index (κ1) is 7.89. The minimum Gasteiger partial charge on any atom is -0.383 e. The predicted molar refractivity (Wildman–Crippen MR) is 44.9 cm³/mol.